The number of carboxylic acids is 1. The van der Waals surface area contributed by atoms with Crippen LogP contribution in [0.5, 0.6) is 0 Å². The van der Waals surface area contributed by atoms with Gasteiger partial charge in [0.1, 0.15) is 12.6 Å². The Morgan fingerprint density at radius 2 is 2.05 bits per heavy atom. The van der Waals surface area contributed by atoms with Gasteiger partial charge in [0.25, 0.3) is 0 Å². The standard InChI is InChI=1S/C13H22N2O5S/c1-4-6-10-15(9(8-21-10)12(17)18)13(19)14(5-2)7-11(16)20-3/h9-10H,4-8H2,1-3H3,(H,17,18). The number of aliphatic carboxylic acids is 1. The summed E-state index contributed by atoms with van der Waals surface area (Å²) in [6, 6.07) is -1.26. The van der Waals surface area contributed by atoms with Gasteiger partial charge in [0, 0.05) is 12.3 Å². The molecule has 1 aliphatic rings. The van der Waals surface area contributed by atoms with Crippen LogP contribution in [0.2, 0.25) is 0 Å². The number of amides is 2. The Bertz CT molecular complexity index is 404. The minimum Gasteiger partial charge on any atom is -0.480 e. The van der Waals surface area contributed by atoms with Crippen molar-refractivity contribution >= 4 is 29.7 Å². The van der Waals surface area contributed by atoms with Crippen molar-refractivity contribution in [2.45, 2.75) is 38.1 Å². The molecule has 7 nitrogen and oxygen atoms in total. The lowest BCUT2D eigenvalue weighted by Crippen LogP contribution is -2.52. The van der Waals surface area contributed by atoms with Gasteiger partial charge in [0.15, 0.2) is 0 Å². The molecule has 0 aromatic heterocycles. The highest BCUT2D eigenvalue weighted by atomic mass is 32.2. The van der Waals surface area contributed by atoms with E-state index in [1.54, 1.807) is 6.92 Å². The summed E-state index contributed by atoms with van der Waals surface area (Å²) in [6.07, 6.45) is 1.59. The predicted molar refractivity (Wildman–Crippen MR) is 79.1 cm³/mol. The van der Waals surface area contributed by atoms with E-state index in [-0.39, 0.29) is 11.9 Å². The Kier molecular flexibility index (Phi) is 6.80. The van der Waals surface area contributed by atoms with Crippen molar-refractivity contribution < 1.29 is 24.2 Å². The molecule has 0 spiro atoms. The first-order chi connectivity index (χ1) is 9.96. The number of urea groups is 1. The summed E-state index contributed by atoms with van der Waals surface area (Å²) in [5, 5.41) is 9.13. The number of methoxy groups -OCH3 is 1. The third kappa shape index (κ3) is 4.26. The Hall–Kier alpha value is -1.44. The van der Waals surface area contributed by atoms with Crippen LogP contribution < -0.4 is 0 Å². The van der Waals surface area contributed by atoms with E-state index in [2.05, 4.69) is 4.74 Å². The van der Waals surface area contributed by atoms with E-state index in [4.69, 9.17) is 0 Å². The molecule has 0 aliphatic carbocycles. The van der Waals surface area contributed by atoms with Gasteiger partial charge in [-0.3, -0.25) is 9.69 Å². The normalized spacial score (nSPS) is 21.2. The second kappa shape index (κ2) is 8.11. The molecule has 1 heterocycles. The lowest BCUT2D eigenvalue weighted by Gasteiger charge is -2.32. The van der Waals surface area contributed by atoms with Gasteiger partial charge in [-0.05, 0) is 13.3 Å². The quantitative estimate of drug-likeness (QED) is 0.741. The molecule has 1 aliphatic heterocycles. The number of ether oxygens (including phenoxy) is 1. The molecule has 21 heavy (non-hydrogen) atoms. The number of carboxylic acid groups (broad SMARTS) is 1. The van der Waals surface area contributed by atoms with Crippen LogP contribution in [0.3, 0.4) is 0 Å². The monoisotopic (exact) mass is 318 g/mol. The van der Waals surface area contributed by atoms with Crippen LogP contribution in [0.4, 0.5) is 4.79 Å². The number of carbonyl (C=O) groups is 3. The molecule has 1 saturated heterocycles. The number of likely N-dealkylation sites (N-methyl/N-ethyl adjacent to an activating group) is 1. The second-order valence-electron chi connectivity index (χ2n) is 4.71. The fraction of sp³-hybridized carbons (Fsp3) is 0.769. The van der Waals surface area contributed by atoms with Crippen LogP contribution in [0, 0.1) is 0 Å². The molecule has 0 saturated carbocycles. The second-order valence-corrected chi connectivity index (χ2v) is 5.92. The summed E-state index contributed by atoms with van der Waals surface area (Å²) in [5.74, 6) is -1.15. The van der Waals surface area contributed by atoms with E-state index in [1.165, 1.54) is 28.7 Å². The smallest absolute Gasteiger partial charge is 0.327 e. The van der Waals surface area contributed by atoms with Gasteiger partial charge in [0.2, 0.25) is 0 Å². The zero-order valence-corrected chi connectivity index (χ0v) is 13.4. The van der Waals surface area contributed by atoms with E-state index < -0.39 is 24.0 Å². The molecule has 2 amide bonds. The first-order valence-corrected chi connectivity index (χ1v) is 7.99. The minimum absolute atomic E-state index is 0.157. The summed E-state index contributed by atoms with van der Waals surface area (Å²) in [5.41, 5.74) is 0. The maximum atomic E-state index is 12.6. The summed E-state index contributed by atoms with van der Waals surface area (Å²) in [7, 11) is 1.26. The van der Waals surface area contributed by atoms with Crippen LogP contribution in [-0.4, -0.2) is 70.2 Å². The fourth-order valence-electron chi connectivity index (χ4n) is 2.18. The first kappa shape index (κ1) is 17.6. The van der Waals surface area contributed by atoms with Crippen molar-refractivity contribution in [1.82, 2.24) is 9.80 Å². The van der Waals surface area contributed by atoms with Crippen LogP contribution in [0.15, 0.2) is 0 Å². The Morgan fingerprint density at radius 3 is 2.52 bits per heavy atom. The molecule has 8 heteroatoms. The lowest BCUT2D eigenvalue weighted by atomic mass is 10.2. The zero-order valence-electron chi connectivity index (χ0n) is 12.6. The average molecular weight is 318 g/mol. The van der Waals surface area contributed by atoms with Crippen molar-refractivity contribution in [3.05, 3.63) is 0 Å². The number of carbonyl (C=O) groups excluding carboxylic acids is 2. The molecule has 1 rings (SSSR count). The van der Waals surface area contributed by atoms with Gasteiger partial charge >= 0.3 is 18.0 Å². The fourth-order valence-corrected chi connectivity index (χ4v) is 3.69. The van der Waals surface area contributed by atoms with Crippen molar-refractivity contribution in [2.75, 3.05) is 26.0 Å². The van der Waals surface area contributed by atoms with Crippen molar-refractivity contribution in [3.63, 3.8) is 0 Å². The number of hydrogen-bond acceptors (Lipinski definition) is 5. The third-order valence-corrected chi connectivity index (χ3v) is 4.69. The number of esters is 1. The zero-order chi connectivity index (χ0) is 16.0. The highest BCUT2D eigenvalue weighted by Crippen LogP contribution is 2.33. The van der Waals surface area contributed by atoms with Crippen molar-refractivity contribution in [3.8, 4) is 0 Å². The van der Waals surface area contributed by atoms with Gasteiger partial charge in [0.05, 0.1) is 12.5 Å². The molecule has 0 radical (unpaired) electrons. The van der Waals surface area contributed by atoms with Gasteiger partial charge in [-0.15, -0.1) is 11.8 Å². The summed E-state index contributed by atoms with van der Waals surface area (Å²) in [4.78, 5) is 38.0. The van der Waals surface area contributed by atoms with Gasteiger partial charge in [-0.1, -0.05) is 13.3 Å². The highest BCUT2D eigenvalue weighted by Gasteiger charge is 2.42. The maximum absolute atomic E-state index is 12.6. The molecular weight excluding hydrogens is 296 g/mol. The van der Waals surface area contributed by atoms with Crippen LogP contribution in [-0.2, 0) is 14.3 Å². The maximum Gasteiger partial charge on any atom is 0.327 e. The van der Waals surface area contributed by atoms with Crippen LogP contribution >= 0.6 is 11.8 Å². The van der Waals surface area contributed by atoms with Crippen molar-refractivity contribution in [1.29, 1.82) is 0 Å². The molecule has 1 N–H and O–H groups in total. The molecule has 2 unspecified atom stereocenters. The molecule has 0 aromatic rings. The Morgan fingerprint density at radius 1 is 1.38 bits per heavy atom. The third-order valence-electron chi connectivity index (χ3n) is 3.33. The summed E-state index contributed by atoms with van der Waals surface area (Å²) >= 11 is 1.47. The number of rotatable bonds is 6. The van der Waals surface area contributed by atoms with E-state index in [1.807, 2.05) is 6.92 Å². The topological polar surface area (TPSA) is 87.2 Å². The number of nitrogens with zero attached hydrogens (tertiary/aromatic N) is 2. The van der Waals surface area contributed by atoms with E-state index in [9.17, 15) is 19.5 Å². The first-order valence-electron chi connectivity index (χ1n) is 6.94. The highest BCUT2D eigenvalue weighted by molar-refractivity contribution is 8.00. The Balaban J connectivity index is 2.90. The van der Waals surface area contributed by atoms with Crippen LogP contribution in [0.1, 0.15) is 26.7 Å². The van der Waals surface area contributed by atoms with E-state index >= 15 is 0 Å². The number of hydrogen-bond donors (Lipinski definition) is 1. The lowest BCUT2D eigenvalue weighted by molar-refractivity contribution is -0.141. The van der Waals surface area contributed by atoms with Gasteiger partial charge in [-0.25, -0.2) is 9.59 Å². The minimum atomic E-state index is -1.01. The largest absolute Gasteiger partial charge is 0.480 e. The number of thioether (sulfide) groups is 1. The molecule has 120 valence electrons. The van der Waals surface area contributed by atoms with Gasteiger partial charge < -0.3 is 14.7 Å². The van der Waals surface area contributed by atoms with E-state index in [0.717, 1.165) is 12.8 Å². The van der Waals surface area contributed by atoms with E-state index in [0.29, 0.717) is 12.3 Å². The molecule has 2 atom stereocenters. The average Bonchev–Trinajstić information content (AvgIpc) is 2.88. The van der Waals surface area contributed by atoms with Gasteiger partial charge in [-0.2, -0.15) is 0 Å². The summed E-state index contributed by atoms with van der Waals surface area (Å²) in [6.45, 7) is 3.89. The SMILES string of the molecule is CCCC1SCC(C(=O)O)N1C(=O)N(CC)CC(=O)OC. The molecular formula is C13H22N2O5S. The predicted octanol–water partition coefficient (Wildman–Crippen LogP) is 1.23. The van der Waals surface area contributed by atoms with Crippen molar-refractivity contribution in [2.24, 2.45) is 0 Å². The summed E-state index contributed by atoms with van der Waals surface area (Å²) < 4.78 is 4.57. The molecule has 0 aromatic carbocycles. The molecule has 1 fully saturated rings. The molecule has 0 bridgehead atoms. The Labute approximate surface area is 128 Å². The van der Waals surface area contributed by atoms with Crippen LogP contribution in [0.25, 0.3) is 0 Å².